The summed E-state index contributed by atoms with van der Waals surface area (Å²) in [6.07, 6.45) is 2.37. The molecule has 0 unspecified atom stereocenters. The van der Waals surface area contributed by atoms with Crippen LogP contribution >= 0.6 is 0 Å². The maximum atomic E-state index is 13.5. The molecule has 3 aromatic rings. The van der Waals surface area contributed by atoms with Crippen LogP contribution in [0.25, 0.3) is 5.57 Å². The van der Waals surface area contributed by atoms with Crippen LogP contribution in [0.15, 0.2) is 78.6 Å². The Labute approximate surface area is 183 Å². The summed E-state index contributed by atoms with van der Waals surface area (Å²) >= 11 is 0. The summed E-state index contributed by atoms with van der Waals surface area (Å²) in [5.41, 5.74) is 3.53. The van der Waals surface area contributed by atoms with Crippen LogP contribution in [0.5, 0.6) is 0 Å². The largest absolute Gasteiger partial charge is 0.336 e. The second-order valence-electron chi connectivity index (χ2n) is 7.58. The van der Waals surface area contributed by atoms with Gasteiger partial charge in [-0.3, -0.25) is 29.6 Å². The number of anilines is 1. The lowest BCUT2D eigenvalue weighted by Crippen LogP contribution is -2.34. The van der Waals surface area contributed by atoms with E-state index in [9.17, 15) is 19.7 Å². The lowest BCUT2D eigenvalue weighted by atomic mass is 10.0. The normalized spacial score (nSPS) is 15.5. The van der Waals surface area contributed by atoms with E-state index in [1.54, 1.807) is 24.4 Å². The van der Waals surface area contributed by atoms with Crippen molar-refractivity contribution in [3.8, 4) is 0 Å². The molecule has 3 heterocycles. The van der Waals surface area contributed by atoms with E-state index in [0.717, 1.165) is 17.7 Å². The smallest absolute Gasteiger partial charge is 0.278 e. The molecule has 8 heteroatoms. The number of carbonyl (C=O) groups excluding carboxylic acids is 2. The molecule has 2 amide bonds. The molecule has 0 spiro atoms. The van der Waals surface area contributed by atoms with Gasteiger partial charge in [-0.15, -0.1) is 0 Å². The molecule has 158 valence electrons. The zero-order valence-electron chi connectivity index (χ0n) is 17.0. The number of non-ortho nitro benzene ring substituents is 1. The molecule has 8 nitrogen and oxygen atoms in total. The number of nitro groups is 1. The van der Waals surface area contributed by atoms with Crippen molar-refractivity contribution in [1.82, 2.24) is 9.88 Å². The Bertz CT molecular complexity index is 1270. The van der Waals surface area contributed by atoms with Crippen LogP contribution in [0.2, 0.25) is 0 Å². The molecule has 0 N–H and O–H groups in total. The number of aromatic nitrogens is 1. The SMILES string of the molecule is O=C1C(c2ccc([N+](=O)[O-])cc2)=C(N2CCc3ccccc32)C(=O)N1Cc1ccccn1. The molecule has 2 aromatic carbocycles. The fourth-order valence-corrected chi connectivity index (χ4v) is 4.19. The predicted molar refractivity (Wildman–Crippen MR) is 117 cm³/mol. The van der Waals surface area contributed by atoms with Crippen LogP contribution in [0, 0.1) is 10.1 Å². The summed E-state index contributed by atoms with van der Waals surface area (Å²) in [5.74, 6) is -0.834. The Balaban J connectivity index is 1.61. The first-order valence-electron chi connectivity index (χ1n) is 10.2. The van der Waals surface area contributed by atoms with Gasteiger partial charge in [0.2, 0.25) is 0 Å². The molecule has 2 aliphatic heterocycles. The zero-order chi connectivity index (χ0) is 22.2. The number of amides is 2. The standard InChI is InChI=1S/C24H18N4O4/c29-23-21(17-8-10-19(11-9-17)28(31)32)22(26-14-12-16-5-1-2-7-20(16)26)24(30)27(23)15-18-6-3-4-13-25-18/h1-11,13H,12,14-15H2. The Morgan fingerprint density at radius 1 is 0.938 bits per heavy atom. The van der Waals surface area contributed by atoms with Gasteiger partial charge >= 0.3 is 0 Å². The van der Waals surface area contributed by atoms with Crippen molar-refractivity contribution >= 4 is 28.8 Å². The number of para-hydroxylation sites is 1. The Morgan fingerprint density at radius 3 is 2.41 bits per heavy atom. The van der Waals surface area contributed by atoms with Gasteiger partial charge in [0.15, 0.2) is 0 Å². The summed E-state index contributed by atoms with van der Waals surface area (Å²) in [7, 11) is 0. The lowest BCUT2D eigenvalue weighted by Gasteiger charge is -2.21. The Hall–Kier alpha value is -4.33. The van der Waals surface area contributed by atoms with Crippen LogP contribution in [0.3, 0.4) is 0 Å². The molecular weight excluding hydrogens is 408 g/mol. The van der Waals surface area contributed by atoms with Gasteiger partial charge in [0, 0.05) is 30.6 Å². The molecule has 2 aliphatic rings. The first kappa shape index (κ1) is 19.6. The molecule has 0 aliphatic carbocycles. The third-order valence-electron chi connectivity index (χ3n) is 5.71. The van der Waals surface area contributed by atoms with E-state index >= 15 is 0 Å². The third-order valence-corrected chi connectivity index (χ3v) is 5.71. The van der Waals surface area contributed by atoms with Crippen LogP contribution in [-0.2, 0) is 22.6 Å². The minimum absolute atomic E-state index is 0.0496. The van der Waals surface area contributed by atoms with Gasteiger partial charge in [0.25, 0.3) is 17.5 Å². The molecule has 0 radical (unpaired) electrons. The number of pyridine rings is 1. The minimum Gasteiger partial charge on any atom is -0.336 e. The monoisotopic (exact) mass is 426 g/mol. The number of imide groups is 1. The van der Waals surface area contributed by atoms with Gasteiger partial charge in [0.05, 0.1) is 22.7 Å². The molecule has 1 aromatic heterocycles. The van der Waals surface area contributed by atoms with Crippen LogP contribution in [-0.4, -0.2) is 33.2 Å². The molecule has 5 rings (SSSR count). The Kier molecular flexibility index (Phi) is 4.74. The molecular formula is C24H18N4O4. The van der Waals surface area contributed by atoms with E-state index in [0.29, 0.717) is 23.5 Å². The topological polar surface area (TPSA) is 96.6 Å². The van der Waals surface area contributed by atoms with Crippen molar-refractivity contribution in [3.63, 3.8) is 0 Å². The van der Waals surface area contributed by atoms with Crippen molar-refractivity contribution in [2.75, 3.05) is 11.4 Å². The van der Waals surface area contributed by atoms with E-state index in [1.165, 1.54) is 29.2 Å². The van der Waals surface area contributed by atoms with Gasteiger partial charge in [-0.05, 0) is 47.9 Å². The van der Waals surface area contributed by atoms with Gasteiger partial charge < -0.3 is 4.90 Å². The van der Waals surface area contributed by atoms with Crippen molar-refractivity contribution in [2.45, 2.75) is 13.0 Å². The maximum absolute atomic E-state index is 13.5. The van der Waals surface area contributed by atoms with Crippen molar-refractivity contribution in [3.05, 3.63) is 106 Å². The van der Waals surface area contributed by atoms with Crippen molar-refractivity contribution in [2.24, 2.45) is 0 Å². The molecule has 0 saturated heterocycles. The number of hydrogen-bond acceptors (Lipinski definition) is 6. The number of nitrogens with zero attached hydrogens (tertiary/aromatic N) is 4. The molecule has 0 fully saturated rings. The van der Waals surface area contributed by atoms with E-state index < -0.39 is 16.7 Å². The average molecular weight is 426 g/mol. The van der Waals surface area contributed by atoms with Gasteiger partial charge in [-0.25, -0.2) is 0 Å². The summed E-state index contributed by atoms with van der Waals surface area (Å²) in [6, 6.07) is 18.8. The van der Waals surface area contributed by atoms with Gasteiger partial charge in [-0.1, -0.05) is 24.3 Å². The highest BCUT2D eigenvalue weighted by Gasteiger charge is 2.43. The first-order valence-corrected chi connectivity index (χ1v) is 10.2. The van der Waals surface area contributed by atoms with E-state index in [-0.39, 0.29) is 17.8 Å². The third kappa shape index (κ3) is 3.22. The van der Waals surface area contributed by atoms with Crippen LogP contribution in [0.1, 0.15) is 16.8 Å². The highest BCUT2D eigenvalue weighted by atomic mass is 16.6. The van der Waals surface area contributed by atoms with Crippen LogP contribution < -0.4 is 4.90 Å². The highest BCUT2D eigenvalue weighted by molar-refractivity contribution is 6.36. The molecule has 0 atom stereocenters. The summed E-state index contributed by atoms with van der Waals surface area (Å²) in [6.45, 7) is 0.621. The number of nitro benzene ring substituents is 1. The molecule has 0 bridgehead atoms. The van der Waals surface area contributed by atoms with Crippen molar-refractivity contribution < 1.29 is 14.5 Å². The number of carbonyl (C=O) groups is 2. The zero-order valence-corrected chi connectivity index (χ0v) is 17.0. The van der Waals surface area contributed by atoms with E-state index in [4.69, 9.17) is 0 Å². The maximum Gasteiger partial charge on any atom is 0.278 e. The van der Waals surface area contributed by atoms with E-state index in [2.05, 4.69) is 4.98 Å². The quantitative estimate of drug-likeness (QED) is 0.353. The van der Waals surface area contributed by atoms with Gasteiger partial charge in [0.1, 0.15) is 5.70 Å². The minimum atomic E-state index is -0.495. The summed E-state index contributed by atoms with van der Waals surface area (Å²) < 4.78 is 0. The molecule has 0 saturated carbocycles. The highest BCUT2D eigenvalue weighted by Crippen LogP contribution is 2.39. The molecule has 32 heavy (non-hydrogen) atoms. The number of benzene rings is 2. The average Bonchev–Trinajstić information content (AvgIpc) is 3.34. The predicted octanol–water partition coefficient (Wildman–Crippen LogP) is 3.33. The number of fused-ring (bicyclic) bond motifs is 1. The lowest BCUT2D eigenvalue weighted by molar-refractivity contribution is -0.384. The van der Waals surface area contributed by atoms with Gasteiger partial charge in [-0.2, -0.15) is 0 Å². The first-order chi connectivity index (χ1) is 15.5. The summed E-state index contributed by atoms with van der Waals surface area (Å²) in [5, 5.41) is 11.1. The Morgan fingerprint density at radius 2 is 1.69 bits per heavy atom. The number of hydrogen-bond donors (Lipinski definition) is 0. The fraction of sp³-hybridized carbons (Fsp3) is 0.125. The van der Waals surface area contributed by atoms with E-state index in [1.807, 2.05) is 29.2 Å². The second kappa shape index (κ2) is 7.73. The van der Waals surface area contributed by atoms with Crippen LogP contribution in [0.4, 0.5) is 11.4 Å². The number of rotatable bonds is 5. The second-order valence-corrected chi connectivity index (χ2v) is 7.58. The fourth-order valence-electron chi connectivity index (χ4n) is 4.19. The van der Waals surface area contributed by atoms with Crippen molar-refractivity contribution in [1.29, 1.82) is 0 Å². The summed E-state index contributed by atoms with van der Waals surface area (Å²) in [4.78, 5) is 44.9.